The van der Waals surface area contributed by atoms with Crippen molar-refractivity contribution in [3.05, 3.63) is 63.8 Å². The van der Waals surface area contributed by atoms with E-state index in [1.54, 1.807) is 24.4 Å². The zero-order valence-corrected chi connectivity index (χ0v) is 16.6. The summed E-state index contributed by atoms with van der Waals surface area (Å²) in [6, 6.07) is 10.6. The third kappa shape index (κ3) is 4.16. The second-order valence-electron chi connectivity index (χ2n) is 6.10. The molecule has 0 atom stereocenters. The number of nitrogens with zero attached hydrogens (tertiary/aromatic N) is 1. The monoisotopic (exact) mass is 402 g/mol. The Morgan fingerprint density at radius 1 is 1.07 bits per heavy atom. The summed E-state index contributed by atoms with van der Waals surface area (Å²) in [6.45, 7) is 3.62. The van der Waals surface area contributed by atoms with Crippen LogP contribution in [-0.2, 0) is 0 Å². The number of halogens is 2. The van der Waals surface area contributed by atoms with E-state index in [9.17, 15) is 4.79 Å². The first kappa shape index (κ1) is 19.4. The topological polar surface area (TPSA) is 66.1 Å². The maximum Gasteiger partial charge on any atom is 0.258 e. The number of rotatable bonds is 6. The van der Waals surface area contributed by atoms with E-state index < -0.39 is 0 Å². The van der Waals surface area contributed by atoms with E-state index in [2.05, 4.69) is 20.9 Å². The van der Waals surface area contributed by atoms with E-state index in [0.29, 0.717) is 21.2 Å². The number of nitrogens with one attached hydrogen (secondary N) is 3. The number of hydrogen-bond donors (Lipinski definition) is 3. The number of aryl methyl sites for hydroxylation is 1. The second-order valence-corrected chi connectivity index (χ2v) is 6.91. The Bertz CT molecular complexity index is 971. The highest BCUT2D eigenvalue weighted by molar-refractivity contribution is 6.40. The van der Waals surface area contributed by atoms with E-state index >= 15 is 0 Å². The van der Waals surface area contributed by atoms with Gasteiger partial charge >= 0.3 is 0 Å². The number of carbonyl (C=O) groups excluding carboxylic acids is 1. The first-order valence-corrected chi connectivity index (χ1v) is 9.30. The molecule has 1 aromatic heterocycles. The van der Waals surface area contributed by atoms with Gasteiger partial charge in [-0.05, 0) is 37.7 Å². The van der Waals surface area contributed by atoms with Crippen molar-refractivity contribution in [3.8, 4) is 0 Å². The van der Waals surface area contributed by atoms with Crippen molar-refractivity contribution in [1.82, 2.24) is 10.3 Å². The molecule has 0 aliphatic heterocycles. The van der Waals surface area contributed by atoms with Crippen LogP contribution >= 0.6 is 23.2 Å². The van der Waals surface area contributed by atoms with Gasteiger partial charge in [0.1, 0.15) is 0 Å². The Hall–Kier alpha value is -2.34. The predicted molar refractivity (Wildman–Crippen MR) is 113 cm³/mol. The molecule has 27 heavy (non-hydrogen) atoms. The number of aromatic nitrogens is 1. The molecule has 0 spiro atoms. The molecule has 3 rings (SSSR count). The molecule has 7 heteroatoms. The zero-order chi connectivity index (χ0) is 19.4. The zero-order valence-electron chi connectivity index (χ0n) is 15.1. The Morgan fingerprint density at radius 3 is 2.48 bits per heavy atom. The quantitative estimate of drug-likeness (QED) is 0.521. The van der Waals surface area contributed by atoms with Crippen LogP contribution in [0.2, 0.25) is 10.0 Å². The van der Waals surface area contributed by atoms with Gasteiger partial charge in [0, 0.05) is 30.4 Å². The fourth-order valence-electron chi connectivity index (χ4n) is 2.87. The summed E-state index contributed by atoms with van der Waals surface area (Å²) in [4.78, 5) is 17.3. The Kier molecular flexibility index (Phi) is 6.16. The number of hydrogen-bond acceptors (Lipinski definition) is 4. The summed E-state index contributed by atoms with van der Waals surface area (Å²) in [5, 5.41) is 11.0. The van der Waals surface area contributed by atoms with Crippen LogP contribution in [-0.4, -0.2) is 31.0 Å². The number of carbonyl (C=O) groups is 1. The van der Waals surface area contributed by atoms with Crippen LogP contribution in [0, 0.1) is 6.92 Å². The van der Waals surface area contributed by atoms with Gasteiger partial charge in [0.25, 0.3) is 5.91 Å². The number of likely N-dealkylation sites (N-methyl/N-ethyl adjacent to an activating group) is 1. The lowest BCUT2D eigenvalue weighted by molar-refractivity contribution is 0.102. The van der Waals surface area contributed by atoms with Gasteiger partial charge in [-0.2, -0.15) is 0 Å². The van der Waals surface area contributed by atoms with E-state index in [1.165, 1.54) is 0 Å². The van der Waals surface area contributed by atoms with Gasteiger partial charge in [0.05, 0.1) is 26.8 Å². The molecule has 0 bridgehead atoms. The predicted octanol–water partition coefficient (Wildman–Crippen LogP) is 4.73. The van der Waals surface area contributed by atoms with Gasteiger partial charge in [-0.25, -0.2) is 0 Å². The summed E-state index contributed by atoms with van der Waals surface area (Å²) in [6.07, 6.45) is 1.79. The second kappa shape index (κ2) is 8.57. The molecule has 0 aliphatic carbocycles. The molecule has 0 fully saturated rings. The molecule has 2 aromatic carbocycles. The third-order valence-corrected chi connectivity index (χ3v) is 4.83. The molecule has 0 radical (unpaired) electrons. The Balaban J connectivity index is 1.98. The van der Waals surface area contributed by atoms with Gasteiger partial charge in [0.15, 0.2) is 0 Å². The van der Waals surface area contributed by atoms with Gasteiger partial charge in [-0.15, -0.1) is 0 Å². The van der Waals surface area contributed by atoms with Crippen LogP contribution in [0.5, 0.6) is 0 Å². The van der Waals surface area contributed by atoms with E-state index in [1.807, 2.05) is 32.2 Å². The smallest absolute Gasteiger partial charge is 0.258 e. The van der Waals surface area contributed by atoms with Gasteiger partial charge in [0.2, 0.25) is 0 Å². The number of amides is 1. The Morgan fingerprint density at radius 2 is 1.78 bits per heavy atom. The first-order valence-electron chi connectivity index (χ1n) is 8.55. The fraction of sp³-hybridized carbons (Fsp3) is 0.200. The van der Waals surface area contributed by atoms with Crippen molar-refractivity contribution in [2.45, 2.75) is 6.92 Å². The van der Waals surface area contributed by atoms with Gasteiger partial charge < -0.3 is 16.0 Å². The van der Waals surface area contributed by atoms with Crippen molar-refractivity contribution in [2.75, 3.05) is 30.8 Å². The molecule has 0 saturated heterocycles. The first-order chi connectivity index (χ1) is 13.0. The molecular weight excluding hydrogens is 383 g/mol. The molecule has 1 amide bonds. The highest BCUT2D eigenvalue weighted by Crippen LogP contribution is 2.31. The summed E-state index contributed by atoms with van der Waals surface area (Å²) < 4.78 is 0. The third-order valence-electron chi connectivity index (χ3n) is 4.20. The van der Waals surface area contributed by atoms with Crippen LogP contribution in [0.1, 0.15) is 15.9 Å². The Labute approximate surface area is 168 Å². The van der Waals surface area contributed by atoms with Crippen LogP contribution in [0.4, 0.5) is 11.4 Å². The van der Waals surface area contributed by atoms with E-state index in [0.717, 1.165) is 29.7 Å². The standard InChI is InChI=1S/C20H20Cl2N4O/c1-12-11-25-19-13(18(12)24-10-9-23-2)5-3-8-16(19)26-20(27)17-14(21)6-4-7-15(17)22/h3-8,11,23H,9-10H2,1-2H3,(H,24,25)(H,26,27). The molecule has 3 aromatic rings. The maximum absolute atomic E-state index is 12.7. The summed E-state index contributed by atoms with van der Waals surface area (Å²) >= 11 is 12.3. The number of benzene rings is 2. The van der Waals surface area contributed by atoms with Crippen molar-refractivity contribution in [3.63, 3.8) is 0 Å². The SMILES string of the molecule is CNCCNc1c(C)cnc2c(NC(=O)c3c(Cl)cccc3Cl)cccc12. The van der Waals surface area contributed by atoms with Crippen molar-refractivity contribution < 1.29 is 4.79 Å². The average Bonchev–Trinajstić information content (AvgIpc) is 2.63. The van der Waals surface area contributed by atoms with Gasteiger partial charge in [-0.1, -0.05) is 41.4 Å². The minimum absolute atomic E-state index is 0.248. The van der Waals surface area contributed by atoms with Gasteiger partial charge in [-0.3, -0.25) is 9.78 Å². The van der Waals surface area contributed by atoms with Crippen LogP contribution < -0.4 is 16.0 Å². The lowest BCUT2D eigenvalue weighted by Crippen LogP contribution is -2.18. The molecule has 1 heterocycles. The number of para-hydroxylation sites is 1. The molecule has 3 N–H and O–H groups in total. The van der Waals surface area contributed by atoms with Crippen molar-refractivity contribution >= 4 is 51.4 Å². The minimum Gasteiger partial charge on any atom is -0.383 e. The minimum atomic E-state index is -0.370. The largest absolute Gasteiger partial charge is 0.383 e. The lowest BCUT2D eigenvalue weighted by atomic mass is 10.1. The lowest BCUT2D eigenvalue weighted by Gasteiger charge is -2.15. The average molecular weight is 403 g/mol. The normalized spacial score (nSPS) is 10.8. The highest BCUT2D eigenvalue weighted by atomic mass is 35.5. The molecule has 5 nitrogen and oxygen atoms in total. The molecule has 0 saturated carbocycles. The molecule has 0 unspecified atom stereocenters. The van der Waals surface area contributed by atoms with Crippen molar-refractivity contribution in [2.24, 2.45) is 0 Å². The maximum atomic E-state index is 12.7. The summed E-state index contributed by atoms with van der Waals surface area (Å²) in [5.74, 6) is -0.370. The summed E-state index contributed by atoms with van der Waals surface area (Å²) in [7, 11) is 1.91. The molecule has 140 valence electrons. The number of anilines is 2. The molecule has 0 aliphatic rings. The van der Waals surface area contributed by atoms with Crippen LogP contribution in [0.15, 0.2) is 42.6 Å². The van der Waals surface area contributed by atoms with Crippen molar-refractivity contribution in [1.29, 1.82) is 0 Å². The number of fused-ring (bicyclic) bond motifs is 1. The van der Waals surface area contributed by atoms with E-state index in [-0.39, 0.29) is 11.5 Å². The van der Waals surface area contributed by atoms with Crippen LogP contribution in [0.3, 0.4) is 0 Å². The fourth-order valence-corrected chi connectivity index (χ4v) is 3.44. The number of pyridine rings is 1. The van der Waals surface area contributed by atoms with Crippen LogP contribution in [0.25, 0.3) is 10.9 Å². The summed E-state index contributed by atoms with van der Waals surface area (Å²) in [5.41, 5.74) is 3.59. The van der Waals surface area contributed by atoms with E-state index in [4.69, 9.17) is 23.2 Å². The highest BCUT2D eigenvalue weighted by Gasteiger charge is 2.17. The molecular formula is C20H20Cl2N4O.